The van der Waals surface area contributed by atoms with Gasteiger partial charge in [0.15, 0.2) is 5.78 Å². The van der Waals surface area contributed by atoms with Crippen LogP contribution in [0.4, 0.5) is 20.2 Å². The quantitative estimate of drug-likeness (QED) is 0.613. The van der Waals surface area contributed by atoms with E-state index in [0.29, 0.717) is 16.9 Å². The van der Waals surface area contributed by atoms with Gasteiger partial charge in [-0.2, -0.15) is 0 Å². The van der Waals surface area contributed by atoms with E-state index >= 15 is 0 Å². The minimum absolute atomic E-state index is 0.0970. The molecule has 3 aromatic rings. The molecular weight excluding hydrogens is 390 g/mol. The van der Waals surface area contributed by atoms with E-state index in [-0.39, 0.29) is 17.9 Å². The van der Waals surface area contributed by atoms with Crippen LogP contribution < -0.4 is 10.2 Å². The lowest BCUT2D eigenvalue weighted by Gasteiger charge is -2.22. The Bertz CT molecular complexity index is 1060. The van der Waals surface area contributed by atoms with Gasteiger partial charge in [-0.15, -0.1) is 0 Å². The third kappa shape index (κ3) is 5.14. The molecule has 0 atom stereocenters. The second-order valence-electron chi connectivity index (χ2n) is 6.56. The number of rotatable bonds is 6. The number of ketones is 1. The predicted octanol–water partition coefficient (Wildman–Crippen LogP) is 4.45. The van der Waals surface area contributed by atoms with Crippen molar-refractivity contribution in [3.63, 3.8) is 0 Å². The first-order valence-electron chi connectivity index (χ1n) is 9.07. The van der Waals surface area contributed by atoms with Crippen LogP contribution in [-0.2, 0) is 4.79 Å². The maximum absolute atomic E-state index is 13.3. The lowest BCUT2D eigenvalue weighted by atomic mass is 10.1. The number of hydrogen-bond acceptors (Lipinski definition) is 3. The van der Waals surface area contributed by atoms with E-state index in [0.717, 1.165) is 12.1 Å². The Morgan fingerprint density at radius 1 is 0.767 bits per heavy atom. The number of nitrogens with zero attached hydrogens (tertiary/aromatic N) is 1. The third-order valence-electron chi connectivity index (χ3n) is 4.35. The number of halogens is 2. The molecule has 152 valence electrons. The van der Waals surface area contributed by atoms with E-state index in [2.05, 4.69) is 5.32 Å². The highest BCUT2D eigenvalue weighted by molar-refractivity contribution is 6.10. The van der Waals surface area contributed by atoms with Crippen molar-refractivity contribution in [3.8, 4) is 0 Å². The second-order valence-corrected chi connectivity index (χ2v) is 6.56. The molecule has 0 bridgehead atoms. The molecule has 0 aromatic heterocycles. The zero-order valence-electron chi connectivity index (χ0n) is 16.1. The van der Waals surface area contributed by atoms with Gasteiger partial charge in [0.1, 0.15) is 18.2 Å². The predicted molar refractivity (Wildman–Crippen MR) is 110 cm³/mol. The van der Waals surface area contributed by atoms with Crippen molar-refractivity contribution in [3.05, 3.63) is 95.6 Å². The molecule has 7 heteroatoms. The van der Waals surface area contributed by atoms with Crippen molar-refractivity contribution in [2.75, 3.05) is 16.8 Å². The number of carbonyl (C=O) groups excluding carboxylic acids is 3. The molecule has 0 saturated carbocycles. The smallest absolute Gasteiger partial charge is 0.258 e. The Balaban J connectivity index is 1.81. The first-order valence-corrected chi connectivity index (χ1v) is 9.07. The standard InChI is InChI=1S/C23H18F2N2O3/c1-15(28)16-4-10-20(11-5-16)26-22(29)14-27(21-12-8-19(25)9-13-21)23(30)17-2-6-18(24)7-3-17/h2-13H,14H2,1H3,(H,26,29). The van der Waals surface area contributed by atoms with Crippen LogP contribution in [0.3, 0.4) is 0 Å². The van der Waals surface area contributed by atoms with Crippen LogP contribution in [0.25, 0.3) is 0 Å². The first kappa shape index (κ1) is 20.9. The Morgan fingerprint density at radius 3 is 1.80 bits per heavy atom. The summed E-state index contributed by atoms with van der Waals surface area (Å²) in [5, 5.41) is 2.66. The zero-order valence-corrected chi connectivity index (χ0v) is 16.1. The lowest BCUT2D eigenvalue weighted by molar-refractivity contribution is -0.114. The fourth-order valence-electron chi connectivity index (χ4n) is 2.78. The summed E-state index contributed by atoms with van der Waals surface area (Å²) in [7, 11) is 0. The molecule has 0 unspecified atom stereocenters. The first-order chi connectivity index (χ1) is 14.3. The summed E-state index contributed by atoms with van der Waals surface area (Å²) in [5.74, 6) is -2.11. The molecule has 0 aliphatic heterocycles. The third-order valence-corrected chi connectivity index (χ3v) is 4.35. The van der Waals surface area contributed by atoms with Crippen molar-refractivity contribution >= 4 is 29.0 Å². The topological polar surface area (TPSA) is 66.5 Å². The van der Waals surface area contributed by atoms with E-state index in [1.807, 2.05) is 0 Å². The number of carbonyl (C=O) groups is 3. The molecule has 2 amide bonds. The van der Waals surface area contributed by atoms with Gasteiger partial charge in [0.25, 0.3) is 5.91 Å². The van der Waals surface area contributed by atoms with E-state index in [1.165, 1.54) is 48.2 Å². The Kier molecular flexibility index (Phi) is 6.32. The highest BCUT2D eigenvalue weighted by Crippen LogP contribution is 2.19. The fourth-order valence-corrected chi connectivity index (χ4v) is 2.78. The van der Waals surface area contributed by atoms with Gasteiger partial charge < -0.3 is 5.32 Å². The summed E-state index contributed by atoms with van der Waals surface area (Å²) in [4.78, 5) is 38.0. The number of hydrogen-bond donors (Lipinski definition) is 1. The van der Waals surface area contributed by atoms with E-state index in [1.54, 1.807) is 24.3 Å². The average Bonchev–Trinajstić information content (AvgIpc) is 2.73. The number of Topliss-reactive ketones (excluding diaryl/α,β-unsaturated/α-hetero) is 1. The van der Waals surface area contributed by atoms with Crippen LogP contribution in [0, 0.1) is 11.6 Å². The van der Waals surface area contributed by atoms with Gasteiger partial charge >= 0.3 is 0 Å². The average molecular weight is 408 g/mol. The lowest BCUT2D eigenvalue weighted by Crippen LogP contribution is -2.38. The van der Waals surface area contributed by atoms with Crippen molar-refractivity contribution in [1.29, 1.82) is 0 Å². The monoisotopic (exact) mass is 408 g/mol. The van der Waals surface area contributed by atoms with Crippen molar-refractivity contribution < 1.29 is 23.2 Å². The number of anilines is 2. The minimum atomic E-state index is -0.538. The highest BCUT2D eigenvalue weighted by atomic mass is 19.1. The maximum atomic E-state index is 13.3. The zero-order chi connectivity index (χ0) is 21.7. The summed E-state index contributed by atoms with van der Waals surface area (Å²) in [5.41, 5.74) is 1.46. The number of amides is 2. The largest absolute Gasteiger partial charge is 0.325 e. The highest BCUT2D eigenvalue weighted by Gasteiger charge is 2.21. The SMILES string of the molecule is CC(=O)c1ccc(NC(=O)CN(C(=O)c2ccc(F)cc2)c2ccc(F)cc2)cc1. The van der Waals surface area contributed by atoms with E-state index < -0.39 is 23.4 Å². The van der Waals surface area contributed by atoms with Gasteiger partial charge in [-0.3, -0.25) is 19.3 Å². The van der Waals surface area contributed by atoms with E-state index in [4.69, 9.17) is 0 Å². The molecule has 3 rings (SSSR count). The van der Waals surface area contributed by atoms with Gasteiger partial charge in [0.05, 0.1) is 0 Å². The minimum Gasteiger partial charge on any atom is -0.325 e. The molecule has 0 aliphatic rings. The molecule has 0 heterocycles. The Hall–Kier alpha value is -3.87. The Labute approximate surface area is 171 Å². The number of nitrogens with one attached hydrogen (secondary N) is 1. The molecule has 1 N–H and O–H groups in total. The Morgan fingerprint density at radius 2 is 1.27 bits per heavy atom. The molecule has 3 aromatic carbocycles. The normalized spacial score (nSPS) is 10.4. The summed E-state index contributed by atoms with van der Waals surface area (Å²) in [6.07, 6.45) is 0. The molecule has 0 radical (unpaired) electrons. The van der Waals surface area contributed by atoms with Crippen LogP contribution in [0.2, 0.25) is 0 Å². The van der Waals surface area contributed by atoms with Crippen LogP contribution in [-0.4, -0.2) is 24.1 Å². The molecule has 0 aliphatic carbocycles. The fraction of sp³-hybridized carbons (Fsp3) is 0.0870. The summed E-state index contributed by atoms with van der Waals surface area (Å²) in [6.45, 7) is 1.09. The van der Waals surface area contributed by atoms with Crippen LogP contribution in [0.1, 0.15) is 27.6 Å². The molecular formula is C23H18F2N2O3. The van der Waals surface area contributed by atoms with Gasteiger partial charge in [0, 0.05) is 22.5 Å². The van der Waals surface area contributed by atoms with Crippen molar-refractivity contribution in [1.82, 2.24) is 0 Å². The summed E-state index contributed by atoms with van der Waals surface area (Å²) >= 11 is 0. The maximum Gasteiger partial charge on any atom is 0.258 e. The summed E-state index contributed by atoms with van der Waals surface area (Å²) in [6, 6.07) is 16.4. The van der Waals surface area contributed by atoms with Crippen LogP contribution in [0.15, 0.2) is 72.8 Å². The van der Waals surface area contributed by atoms with E-state index in [9.17, 15) is 23.2 Å². The molecule has 0 fully saturated rings. The number of benzene rings is 3. The van der Waals surface area contributed by atoms with Gasteiger partial charge in [-0.1, -0.05) is 0 Å². The van der Waals surface area contributed by atoms with Gasteiger partial charge in [-0.25, -0.2) is 8.78 Å². The van der Waals surface area contributed by atoms with Crippen LogP contribution in [0.5, 0.6) is 0 Å². The molecule has 30 heavy (non-hydrogen) atoms. The van der Waals surface area contributed by atoms with Crippen molar-refractivity contribution in [2.45, 2.75) is 6.92 Å². The molecule has 0 spiro atoms. The van der Waals surface area contributed by atoms with Crippen molar-refractivity contribution in [2.24, 2.45) is 0 Å². The van der Waals surface area contributed by atoms with Gasteiger partial charge in [0.2, 0.25) is 5.91 Å². The second kappa shape index (κ2) is 9.09. The van der Waals surface area contributed by atoms with Gasteiger partial charge in [-0.05, 0) is 79.7 Å². The summed E-state index contributed by atoms with van der Waals surface area (Å²) < 4.78 is 26.5. The van der Waals surface area contributed by atoms with Crippen LogP contribution >= 0.6 is 0 Å². The molecule has 0 saturated heterocycles. The molecule has 5 nitrogen and oxygen atoms in total.